The summed E-state index contributed by atoms with van der Waals surface area (Å²) in [5, 5.41) is 12.1. The summed E-state index contributed by atoms with van der Waals surface area (Å²) in [6.45, 7) is 0. The van der Waals surface area contributed by atoms with Gasteiger partial charge >= 0.3 is 5.97 Å². The molecule has 0 radical (unpaired) electrons. The quantitative estimate of drug-likeness (QED) is 0.744. The van der Waals surface area contributed by atoms with E-state index in [0.717, 1.165) is 10.2 Å². The van der Waals surface area contributed by atoms with Crippen LogP contribution in [0.25, 0.3) is 0 Å². The minimum atomic E-state index is -0.999. The molecule has 0 amide bonds. The molecule has 2 rings (SSSR count). The van der Waals surface area contributed by atoms with E-state index in [2.05, 4.69) is 21.2 Å². The molecule has 0 saturated heterocycles. The minimum Gasteiger partial charge on any atom is -0.495 e. The van der Waals surface area contributed by atoms with Gasteiger partial charge in [0.25, 0.3) is 0 Å². The molecule has 0 bridgehead atoms. The first-order valence-corrected chi connectivity index (χ1v) is 6.54. The fourth-order valence-corrected chi connectivity index (χ4v) is 2.10. The average molecular weight is 337 g/mol. The Bertz CT molecular complexity index is 659. The number of anilines is 3. The van der Waals surface area contributed by atoms with Gasteiger partial charge in [0.2, 0.25) is 0 Å². The maximum absolute atomic E-state index is 11.0. The minimum absolute atomic E-state index is 0.172. The number of halogens is 1. The third kappa shape index (κ3) is 3.03. The standard InChI is InChI=1S/C14H13BrN2O3/c1-20-13-7-9(3-4-10(13)15)17-12-6-8(14(18)19)2-5-11(12)16/h2-7,17H,16H2,1H3,(H,18,19). The summed E-state index contributed by atoms with van der Waals surface area (Å²) >= 11 is 3.37. The van der Waals surface area contributed by atoms with Gasteiger partial charge in [0.1, 0.15) is 5.75 Å². The fraction of sp³-hybridized carbons (Fsp3) is 0.0714. The first-order valence-electron chi connectivity index (χ1n) is 5.74. The van der Waals surface area contributed by atoms with Gasteiger partial charge in [-0.05, 0) is 46.3 Å². The third-order valence-corrected chi connectivity index (χ3v) is 3.39. The Labute approximate surface area is 124 Å². The molecule has 6 heteroatoms. The summed E-state index contributed by atoms with van der Waals surface area (Å²) in [7, 11) is 1.57. The molecule has 0 unspecified atom stereocenters. The van der Waals surface area contributed by atoms with Crippen LogP contribution in [-0.4, -0.2) is 18.2 Å². The molecule has 0 aliphatic heterocycles. The number of ether oxygens (including phenoxy) is 1. The van der Waals surface area contributed by atoms with Gasteiger partial charge in [-0.25, -0.2) is 4.79 Å². The Morgan fingerprint density at radius 1 is 1.30 bits per heavy atom. The van der Waals surface area contributed by atoms with Gasteiger partial charge in [0.15, 0.2) is 0 Å². The molecule has 0 aromatic heterocycles. The van der Waals surface area contributed by atoms with Crippen LogP contribution >= 0.6 is 15.9 Å². The monoisotopic (exact) mass is 336 g/mol. The zero-order valence-electron chi connectivity index (χ0n) is 10.7. The van der Waals surface area contributed by atoms with Crippen molar-refractivity contribution in [2.24, 2.45) is 0 Å². The van der Waals surface area contributed by atoms with Crippen LogP contribution in [0.5, 0.6) is 5.75 Å². The largest absolute Gasteiger partial charge is 0.495 e. The maximum Gasteiger partial charge on any atom is 0.335 e. The lowest BCUT2D eigenvalue weighted by Crippen LogP contribution is -2.01. The molecule has 0 aliphatic rings. The highest BCUT2D eigenvalue weighted by molar-refractivity contribution is 9.10. The summed E-state index contributed by atoms with van der Waals surface area (Å²) in [5.74, 6) is -0.329. The number of methoxy groups -OCH3 is 1. The molecule has 0 heterocycles. The smallest absolute Gasteiger partial charge is 0.335 e. The highest BCUT2D eigenvalue weighted by Gasteiger charge is 2.08. The number of carbonyl (C=O) groups is 1. The molecule has 4 N–H and O–H groups in total. The van der Waals surface area contributed by atoms with E-state index in [-0.39, 0.29) is 5.56 Å². The van der Waals surface area contributed by atoms with E-state index < -0.39 is 5.97 Å². The molecule has 104 valence electrons. The maximum atomic E-state index is 11.0. The van der Waals surface area contributed by atoms with Gasteiger partial charge in [0, 0.05) is 11.8 Å². The number of benzene rings is 2. The lowest BCUT2D eigenvalue weighted by Gasteiger charge is -2.12. The number of hydrogen-bond acceptors (Lipinski definition) is 4. The first-order chi connectivity index (χ1) is 9.51. The Hall–Kier alpha value is -2.21. The van der Waals surface area contributed by atoms with Crippen molar-refractivity contribution in [3.05, 3.63) is 46.4 Å². The third-order valence-electron chi connectivity index (χ3n) is 2.73. The van der Waals surface area contributed by atoms with Gasteiger partial charge in [-0.3, -0.25) is 0 Å². The highest BCUT2D eigenvalue weighted by atomic mass is 79.9. The molecule has 0 fully saturated rings. The van der Waals surface area contributed by atoms with E-state index in [1.165, 1.54) is 12.1 Å². The number of aromatic carboxylic acids is 1. The molecule has 20 heavy (non-hydrogen) atoms. The summed E-state index contributed by atoms with van der Waals surface area (Å²) in [6, 6.07) is 9.97. The zero-order valence-corrected chi connectivity index (χ0v) is 12.3. The predicted octanol–water partition coefficient (Wildman–Crippen LogP) is 3.48. The van der Waals surface area contributed by atoms with Crippen LogP contribution in [0.2, 0.25) is 0 Å². The van der Waals surface area contributed by atoms with Crippen molar-refractivity contribution >= 4 is 39.0 Å². The van der Waals surface area contributed by atoms with Crippen LogP contribution in [0, 0.1) is 0 Å². The number of carboxylic acid groups (broad SMARTS) is 1. The molecule has 0 spiro atoms. The molecule has 0 aliphatic carbocycles. The number of nitrogens with one attached hydrogen (secondary N) is 1. The molecular formula is C14H13BrN2O3. The zero-order chi connectivity index (χ0) is 14.7. The van der Waals surface area contributed by atoms with Crippen LogP contribution < -0.4 is 15.8 Å². The van der Waals surface area contributed by atoms with E-state index in [1.54, 1.807) is 19.2 Å². The molecule has 5 nitrogen and oxygen atoms in total. The molecule has 0 atom stereocenters. The van der Waals surface area contributed by atoms with Crippen molar-refractivity contribution in [1.82, 2.24) is 0 Å². The van der Waals surface area contributed by atoms with Crippen molar-refractivity contribution in [2.75, 3.05) is 18.2 Å². The van der Waals surface area contributed by atoms with Gasteiger partial charge in [0.05, 0.1) is 28.5 Å². The first kappa shape index (κ1) is 14.2. The normalized spacial score (nSPS) is 10.1. The summed E-state index contributed by atoms with van der Waals surface area (Å²) in [6.07, 6.45) is 0. The van der Waals surface area contributed by atoms with Crippen molar-refractivity contribution in [1.29, 1.82) is 0 Å². The Morgan fingerprint density at radius 2 is 2.05 bits per heavy atom. The predicted molar refractivity (Wildman–Crippen MR) is 81.8 cm³/mol. The van der Waals surface area contributed by atoms with Crippen LogP contribution in [0.4, 0.5) is 17.1 Å². The van der Waals surface area contributed by atoms with Crippen molar-refractivity contribution in [2.45, 2.75) is 0 Å². The lowest BCUT2D eigenvalue weighted by atomic mass is 10.1. The number of rotatable bonds is 4. The van der Waals surface area contributed by atoms with Crippen molar-refractivity contribution in [3.63, 3.8) is 0 Å². The molecule has 0 saturated carbocycles. The van der Waals surface area contributed by atoms with Gasteiger partial charge < -0.3 is 20.9 Å². The topological polar surface area (TPSA) is 84.6 Å². The number of carboxylic acids is 1. The van der Waals surface area contributed by atoms with E-state index in [1.807, 2.05) is 12.1 Å². The fourth-order valence-electron chi connectivity index (χ4n) is 1.69. The second kappa shape index (κ2) is 5.83. The SMILES string of the molecule is COc1cc(Nc2cc(C(=O)O)ccc2N)ccc1Br. The summed E-state index contributed by atoms with van der Waals surface area (Å²) < 4.78 is 6.03. The van der Waals surface area contributed by atoms with Gasteiger partial charge in [-0.1, -0.05) is 0 Å². The average Bonchev–Trinajstić information content (AvgIpc) is 2.43. The van der Waals surface area contributed by atoms with E-state index in [0.29, 0.717) is 17.1 Å². The summed E-state index contributed by atoms with van der Waals surface area (Å²) in [5.41, 5.74) is 7.77. The number of nitrogen functional groups attached to an aromatic ring is 1. The van der Waals surface area contributed by atoms with E-state index >= 15 is 0 Å². The van der Waals surface area contributed by atoms with Gasteiger partial charge in [-0.15, -0.1) is 0 Å². The lowest BCUT2D eigenvalue weighted by molar-refractivity contribution is 0.0697. The second-order valence-corrected chi connectivity index (χ2v) is 4.94. The van der Waals surface area contributed by atoms with Gasteiger partial charge in [-0.2, -0.15) is 0 Å². The Balaban J connectivity index is 2.34. The number of hydrogen-bond donors (Lipinski definition) is 3. The van der Waals surface area contributed by atoms with E-state index in [9.17, 15) is 4.79 Å². The molecule has 2 aromatic carbocycles. The van der Waals surface area contributed by atoms with Crippen LogP contribution in [-0.2, 0) is 0 Å². The van der Waals surface area contributed by atoms with E-state index in [4.69, 9.17) is 15.6 Å². The summed E-state index contributed by atoms with van der Waals surface area (Å²) in [4.78, 5) is 11.0. The number of nitrogens with two attached hydrogens (primary N) is 1. The van der Waals surface area contributed by atoms with Crippen LogP contribution in [0.3, 0.4) is 0 Å². The van der Waals surface area contributed by atoms with Crippen molar-refractivity contribution < 1.29 is 14.6 Å². The molecule has 2 aromatic rings. The Kier molecular flexibility index (Phi) is 4.14. The van der Waals surface area contributed by atoms with Crippen molar-refractivity contribution in [3.8, 4) is 5.75 Å². The Morgan fingerprint density at radius 3 is 2.70 bits per heavy atom. The molecular weight excluding hydrogens is 324 g/mol. The van der Waals surface area contributed by atoms with Crippen LogP contribution in [0.15, 0.2) is 40.9 Å². The highest BCUT2D eigenvalue weighted by Crippen LogP contribution is 2.31. The second-order valence-electron chi connectivity index (χ2n) is 4.08. The van der Waals surface area contributed by atoms with Crippen LogP contribution in [0.1, 0.15) is 10.4 Å².